The molecule has 0 bridgehead atoms. The van der Waals surface area contributed by atoms with Gasteiger partial charge in [0.05, 0.1) is 0 Å². The van der Waals surface area contributed by atoms with Crippen LogP contribution in [0.25, 0.3) is 0 Å². The van der Waals surface area contributed by atoms with Gasteiger partial charge in [-0.2, -0.15) is 0 Å². The smallest absolute Gasteiger partial charge is 0.0205 e. The third kappa shape index (κ3) is 5.66. The van der Waals surface area contributed by atoms with Crippen molar-refractivity contribution in [3.63, 3.8) is 0 Å². The Morgan fingerprint density at radius 3 is 2.12 bits per heavy atom. The highest BCUT2D eigenvalue weighted by Crippen LogP contribution is 2.45. The average molecular weight is 251 g/mol. The van der Waals surface area contributed by atoms with E-state index in [1.807, 2.05) is 0 Å². The molecule has 0 aliphatic carbocycles. The van der Waals surface area contributed by atoms with E-state index in [9.17, 15) is 0 Å². The molecule has 0 atom stereocenters. The molecule has 0 fully saturated rings. The number of benzene rings is 1. The molecule has 0 amide bonds. The highest BCUT2D eigenvalue weighted by Gasteiger charge is 2.15. The van der Waals surface area contributed by atoms with Crippen molar-refractivity contribution < 1.29 is 0 Å². The van der Waals surface area contributed by atoms with E-state index in [1.165, 1.54) is 11.7 Å². The molecule has 0 aliphatic heterocycles. The summed E-state index contributed by atoms with van der Waals surface area (Å²) >= 11 is 0. The van der Waals surface area contributed by atoms with Crippen molar-refractivity contribution in [1.82, 2.24) is 5.32 Å². The average Bonchev–Trinajstić information content (AvgIpc) is 2.29. The molecule has 0 aromatic heterocycles. The summed E-state index contributed by atoms with van der Waals surface area (Å²) in [6.45, 7) is 11.6. The summed E-state index contributed by atoms with van der Waals surface area (Å²) in [6, 6.07) is 10.6. The monoisotopic (exact) mass is 251 g/mol. The second-order valence-corrected chi connectivity index (χ2v) is 8.63. The van der Waals surface area contributed by atoms with Crippen LogP contribution in [-0.4, -0.2) is 24.0 Å². The largest absolute Gasteiger partial charge is 0.312 e. The molecule has 1 rings (SSSR count). The van der Waals surface area contributed by atoms with E-state index in [0.717, 1.165) is 24.4 Å². The predicted molar refractivity (Wildman–Crippen MR) is 80.2 cm³/mol. The highest BCUT2D eigenvalue weighted by atomic mass is 31.1. The summed E-state index contributed by atoms with van der Waals surface area (Å²) in [5.74, 6) is 0. The number of hydrogen-bond acceptors (Lipinski definition) is 1. The van der Waals surface area contributed by atoms with Gasteiger partial charge >= 0.3 is 0 Å². The normalized spacial score (nSPS) is 11.7. The molecular weight excluding hydrogens is 225 g/mol. The van der Waals surface area contributed by atoms with Crippen LogP contribution in [-0.2, 0) is 6.54 Å². The molecule has 17 heavy (non-hydrogen) atoms. The van der Waals surface area contributed by atoms with E-state index >= 15 is 0 Å². The molecule has 0 radical (unpaired) electrons. The zero-order valence-corrected chi connectivity index (χ0v) is 12.5. The van der Waals surface area contributed by atoms with E-state index in [4.69, 9.17) is 0 Å². The van der Waals surface area contributed by atoms with Gasteiger partial charge in [0.25, 0.3) is 0 Å². The van der Waals surface area contributed by atoms with E-state index in [0.29, 0.717) is 0 Å². The fourth-order valence-corrected chi connectivity index (χ4v) is 4.79. The maximum absolute atomic E-state index is 3.56. The van der Waals surface area contributed by atoms with Gasteiger partial charge in [-0.05, 0) is 29.6 Å². The van der Waals surface area contributed by atoms with Crippen LogP contribution < -0.4 is 5.32 Å². The Hall–Kier alpha value is -0.390. The Labute approximate surface area is 108 Å². The van der Waals surface area contributed by atoms with Crippen molar-refractivity contribution in [2.75, 3.05) is 12.7 Å². The van der Waals surface area contributed by atoms with Gasteiger partial charge in [-0.25, -0.2) is 0 Å². The molecule has 1 N–H and O–H groups in total. The number of hydrogen-bond donors (Lipinski definition) is 1. The summed E-state index contributed by atoms with van der Waals surface area (Å²) in [4.78, 5) is 0. The lowest BCUT2D eigenvalue weighted by Gasteiger charge is -2.25. The second-order valence-electron chi connectivity index (χ2n) is 5.09. The Morgan fingerprint density at radius 2 is 1.59 bits per heavy atom. The van der Waals surface area contributed by atoms with Crippen LogP contribution in [0, 0.1) is 0 Å². The van der Waals surface area contributed by atoms with Crippen LogP contribution >= 0.6 is 7.92 Å². The van der Waals surface area contributed by atoms with E-state index < -0.39 is 0 Å². The molecule has 2 heteroatoms. The highest BCUT2D eigenvalue weighted by molar-refractivity contribution is 7.59. The van der Waals surface area contributed by atoms with Crippen molar-refractivity contribution >= 4 is 7.92 Å². The van der Waals surface area contributed by atoms with Crippen molar-refractivity contribution in [3.8, 4) is 0 Å². The number of rotatable bonds is 7. The Balaban J connectivity index is 2.23. The van der Waals surface area contributed by atoms with E-state index in [-0.39, 0.29) is 7.92 Å². The lowest BCUT2D eigenvalue weighted by molar-refractivity contribution is 0.726. The van der Waals surface area contributed by atoms with E-state index in [1.54, 1.807) is 0 Å². The first-order chi connectivity index (χ1) is 8.11. The van der Waals surface area contributed by atoms with Crippen molar-refractivity contribution in [3.05, 3.63) is 35.9 Å². The van der Waals surface area contributed by atoms with Crippen LogP contribution in [0.5, 0.6) is 0 Å². The van der Waals surface area contributed by atoms with Gasteiger partial charge in [-0.1, -0.05) is 58.0 Å². The standard InChI is InChI=1S/C15H26NP/c1-13(2)17(14(3)4)11-10-16-12-15-8-6-5-7-9-15/h5-9,13-14,16H,10-12H2,1-4H3. The quantitative estimate of drug-likeness (QED) is 0.569. The van der Waals surface area contributed by atoms with Crippen molar-refractivity contribution in [2.45, 2.75) is 45.6 Å². The zero-order valence-electron chi connectivity index (χ0n) is 11.6. The lowest BCUT2D eigenvalue weighted by atomic mass is 10.2. The third-order valence-electron chi connectivity index (χ3n) is 3.05. The summed E-state index contributed by atoms with van der Waals surface area (Å²) in [5, 5.41) is 3.56. The minimum absolute atomic E-state index is 0.178. The van der Waals surface area contributed by atoms with Gasteiger partial charge in [0.2, 0.25) is 0 Å². The molecule has 0 aliphatic rings. The van der Waals surface area contributed by atoms with E-state index in [2.05, 4.69) is 63.3 Å². The van der Waals surface area contributed by atoms with Gasteiger partial charge in [0, 0.05) is 6.54 Å². The summed E-state index contributed by atoms with van der Waals surface area (Å²) in [7, 11) is 0.178. The molecule has 1 aromatic rings. The Bertz CT molecular complexity index is 287. The van der Waals surface area contributed by atoms with Gasteiger partial charge in [0.1, 0.15) is 0 Å². The van der Waals surface area contributed by atoms with Gasteiger partial charge in [-0.3, -0.25) is 0 Å². The minimum Gasteiger partial charge on any atom is -0.312 e. The van der Waals surface area contributed by atoms with Crippen LogP contribution in [0.2, 0.25) is 0 Å². The first kappa shape index (κ1) is 14.7. The fourth-order valence-electron chi connectivity index (χ4n) is 2.15. The minimum atomic E-state index is 0.178. The number of nitrogens with one attached hydrogen (secondary N) is 1. The van der Waals surface area contributed by atoms with Crippen molar-refractivity contribution in [1.29, 1.82) is 0 Å². The predicted octanol–water partition coefficient (Wildman–Crippen LogP) is 4.07. The molecule has 0 unspecified atom stereocenters. The summed E-state index contributed by atoms with van der Waals surface area (Å²) < 4.78 is 0. The van der Waals surface area contributed by atoms with Gasteiger partial charge < -0.3 is 5.32 Å². The summed E-state index contributed by atoms with van der Waals surface area (Å²) in [6.07, 6.45) is 1.34. The maximum atomic E-state index is 3.56. The lowest BCUT2D eigenvalue weighted by Crippen LogP contribution is -2.20. The van der Waals surface area contributed by atoms with Crippen LogP contribution in [0.15, 0.2) is 30.3 Å². The Kier molecular flexibility index (Phi) is 6.77. The van der Waals surface area contributed by atoms with Crippen LogP contribution in [0.1, 0.15) is 33.3 Å². The molecule has 96 valence electrons. The first-order valence-corrected chi connectivity index (χ1v) is 8.28. The zero-order chi connectivity index (χ0) is 12.7. The molecule has 0 spiro atoms. The molecule has 0 saturated heterocycles. The first-order valence-electron chi connectivity index (χ1n) is 6.61. The fraction of sp³-hybridized carbons (Fsp3) is 0.600. The summed E-state index contributed by atoms with van der Waals surface area (Å²) in [5.41, 5.74) is 3.08. The van der Waals surface area contributed by atoms with Gasteiger partial charge in [-0.15, -0.1) is 7.92 Å². The van der Waals surface area contributed by atoms with Crippen LogP contribution in [0.4, 0.5) is 0 Å². The molecule has 1 nitrogen and oxygen atoms in total. The maximum Gasteiger partial charge on any atom is 0.0205 e. The molecular formula is C15H26NP. The molecule has 0 saturated carbocycles. The van der Waals surface area contributed by atoms with Gasteiger partial charge in [0.15, 0.2) is 0 Å². The topological polar surface area (TPSA) is 12.0 Å². The molecule has 0 heterocycles. The molecule has 1 aromatic carbocycles. The second kappa shape index (κ2) is 7.84. The SMILES string of the molecule is CC(C)P(CCNCc1ccccc1)C(C)C. The van der Waals surface area contributed by atoms with Crippen LogP contribution in [0.3, 0.4) is 0 Å². The Morgan fingerprint density at radius 1 is 1.00 bits per heavy atom. The van der Waals surface area contributed by atoms with Crippen molar-refractivity contribution in [2.24, 2.45) is 0 Å². The third-order valence-corrected chi connectivity index (χ3v) is 6.44.